The van der Waals surface area contributed by atoms with Gasteiger partial charge in [-0.05, 0) is 73.1 Å². The molecule has 0 radical (unpaired) electrons. The lowest BCUT2D eigenvalue weighted by Gasteiger charge is -2.31. The maximum atomic E-state index is 13.5. The summed E-state index contributed by atoms with van der Waals surface area (Å²) >= 11 is 0. The molecule has 6 heteroatoms. The van der Waals surface area contributed by atoms with Crippen LogP contribution in [-0.2, 0) is 12.3 Å². The lowest BCUT2D eigenvalue weighted by molar-refractivity contribution is -0.289. The Balaban J connectivity index is 1.42. The van der Waals surface area contributed by atoms with Gasteiger partial charge >= 0.3 is 12.1 Å². The van der Waals surface area contributed by atoms with Crippen molar-refractivity contribution in [1.82, 2.24) is 0 Å². The SMILES string of the molecule is CCCC1CCC(c2ccc3c(c2)CCC(c2ccc(C(F)(F)C(F)(F)F)cc2)O3)CC1. The molecule has 1 fully saturated rings. The minimum Gasteiger partial charge on any atom is -0.485 e. The third-order valence-electron chi connectivity index (χ3n) is 7.05. The van der Waals surface area contributed by atoms with Crippen LogP contribution >= 0.6 is 0 Å². The molecule has 1 unspecified atom stereocenters. The van der Waals surface area contributed by atoms with Crippen molar-refractivity contribution in [2.24, 2.45) is 5.92 Å². The average molecular weight is 453 g/mol. The van der Waals surface area contributed by atoms with Crippen LogP contribution in [0.5, 0.6) is 5.75 Å². The Hall–Kier alpha value is -2.11. The number of ether oxygens (including phenoxy) is 1. The van der Waals surface area contributed by atoms with Gasteiger partial charge in [0.1, 0.15) is 11.9 Å². The molecule has 1 saturated carbocycles. The van der Waals surface area contributed by atoms with Crippen molar-refractivity contribution in [1.29, 1.82) is 0 Å². The van der Waals surface area contributed by atoms with Gasteiger partial charge in [-0.2, -0.15) is 22.0 Å². The second kappa shape index (κ2) is 9.03. The lowest BCUT2D eigenvalue weighted by Crippen LogP contribution is -2.33. The van der Waals surface area contributed by atoms with Crippen LogP contribution in [-0.4, -0.2) is 6.18 Å². The van der Waals surface area contributed by atoms with Crippen LogP contribution in [0.4, 0.5) is 22.0 Å². The molecule has 0 saturated heterocycles. The van der Waals surface area contributed by atoms with Gasteiger partial charge in [0.05, 0.1) is 0 Å². The fourth-order valence-electron chi connectivity index (χ4n) is 5.16. The highest BCUT2D eigenvalue weighted by atomic mass is 19.4. The van der Waals surface area contributed by atoms with Crippen LogP contribution in [0.3, 0.4) is 0 Å². The molecule has 2 aliphatic rings. The maximum absolute atomic E-state index is 13.5. The molecule has 1 aliphatic heterocycles. The normalized spacial score (nSPS) is 24.0. The van der Waals surface area contributed by atoms with E-state index in [9.17, 15) is 22.0 Å². The summed E-state index contributed by atoms with van der Waals surface area (Å²) in [4.78, 5) is 0. The van der Waals surface area contributed by atoms with E-state index < -0.39 is 17.7 Å². The minimum absolute atomic E-state index is 0.355. The van der Waals surface area contributed by atoms with E-state index >= 15 is 0 Å². The van der Waals surface area contributed by atoms with E-state index in [-0.39, 0.29) is 6.10 Å². The number of alkyl halides is 5. The fourth-order valence-corrected chi connectivity index (χ4v) is 5.16. The number of rotatable bonds is 5. The van der Waals surface area contributed by atoms with Crippen LogP contribution in [0.2, 0.25) is 0 Å². The second-order valence-corrected chi connectivity index (χ2v) is 9.21. The summed E-state index contributed by atoms with van der Waals surface area (Å²) in [5, 5.41) is 0. The summed E-state index contributed by atoms with van der Waals surface area (Å²) in [6, 6.07) is 10.7. The summed E-state index contributed by atoms with van der Waals surface area (Å²) in [6.45, 7) is 2.25. The Morgan fingerprint density at radius 1 is 0.844 bits per heavy atom. The van der Waals surface area contributed by atoms with Gasteiger partial charge in [0.2, 0.25) is 0 Å². The summed E-state index contributed by atoms with van der Waals surface area (Å²) < 4.78 is 70.9. The summed E-state index contributed by atoms with van der Waals surface area (Å²) in [5.41, 5.74) is 2.06. The Morgan fingerprint density at radius 3 is 2.12 bits per heavy atom. The zero-order valence-corrected chi connectivity index (χ0v) is 18.2. The molecule has 32 heavy (non-hydrogen) atoms. The molecule has 0 aromatic heterocycles. The van der Waals surface area contributed by atoms with Crippen molar-refractivity contribution in [2.75, 3.05) is 0 Å². The third kappa shape index (κ3) is 4.65. The summed E-state index contributed by atoms with van der Waals surface area (Å²) in [7, 11) is 0. The van der Waals surface area contributed by atoms with E-state index in [1.54, 1.807) is 0 Å². The van der Waals surface area contributed by atoms with Gasteiger partial charge in [0.15, 0.2) is 0 Å². The fraction of sp³-hybridized carbons (Fsp3) is 0.538. The summed E-state index contributed by atoms with van der Waals surface area (Å²) in [5.74, 6) is -2.64. The van der Waals surface area contributed by atoms with Crippen LogP contribution in [0, 0.1) is 5.92 Å². The molecular formula is C26H29F5O. The van der Waals surface area contributed by atoms with E-state index in [2.05, 4.69) is 19.1 Å². The van der Waals surface area contributed by atoms with Crippen LogP contribution in [0.25, 0.3) is 0 Å². The molecule has 2 aromatic carbocycles. The quantitative estimate of drug-likeness (QED) is 0.413. The van der Waals surface area contributed by atoms with Gasteiger partial charge in [0, 0.05) is 5.56 Å². The molecule has 174 valence electrons. The molecule has 1 nitrogen and oxygen atoms in total. The van der Waals surface area contributed by atoms with Crippen molar-refractivity contribution < 1.29 is 26.7 Å². The molecule has 0 N–H and O–H groups in total. The first-order valence-corrected chi connectivity index (χ1v) is 11.5. The van der Waals surface area contributed by atoms with Gasteiger partial charge in [0.25, 0.3) is 0 Å². The van der Waals surface area contributed by atoms with Gasteiger partial charge in [-0.1, -0.05) is 56.2 Å². The Morgan fingerprint density at radius 2 is 1.50 bits per heavy atom. The Labute approximate surface area is 186 Å². The van der Waals surface area contributed by atoms with Crippen LogP contribution < -0.4 is 4.74 Å². The second-order valence-electron chi connectivity index (χ2n) is 9.21. The molecule has 0 amide bonds. The molecular weight excluding hydrogens is 423 g/mol. The average Bonchev–Trinajstić information content (AvgIpc) is 2.78. The zero-order chi connectivity index (χ0) is 22.9. The third-order valence-corrected chi connectivity index (χ3v) is 7.05. The van der Waals surface area contributed by atoms with E-state index in [1.807, 2.05) is 6.07 Å². The highest BCUT2D eigenvalue weighted by Gasteiger charge is 2.58. The van der Waals surface area contributed by atoms with Gasteiger partial charge < -0.3 is 4.74 Å². The van der Waals surface area contributed by atoms with Crippen molar-refractivity contribution in [3.63, 3.8) is 0 Å². The van der Waals surface area contributed by atoms with Crippen LogP contribution in [0.1, 0.15) is 86.1 Å². The van der Waals surface area contributed by atoms with Crippen molar-refractivity contribution in [3.05, 3.63) is 64.7 Å². The Kier molecular flexibility index (Phi) is 6.51. The number of benzene rings is 2. The van der Waals surface area contributed by atoms with Crippen molar-refractivity contribution in [3.8, 4) is 5.75 Å². The first-order chi connectivity index (χ1) is 15.2. The van der Waals surface area contributed by atoms with Crippen LogP contribution in [0.15, 0.2) is 42.5 Å². The van der Waals surface area contributed by atoms with Crippen molar-refractivity contribution in [2.45, 2.75) is 82.4 Å². The van der Waals surface area contributed by atoms with E-state index in [0.29, 0.717) is 17.9 Å². The first kappa shape index (κ1) is 23.1. The molecule has 2 aromatic rings. The minimum atomic E-state index is -5.61. The highest BCUT2D eigenvalue weighted by molar-refractivity contribution is 5.41. The topological polar surface area (TPSA) is 9.23 Å². The van der Waals surface area contributed by atoms with E-state index in [0.717, 1.165) is 35.8 Å². The first-order valence-electron chi connectivity index (χ1n) is 11.5. The molecule has 1 heterocycles. The summed E-state index contributed by atoms with van der Waals surface area (Å²) in [6.07, 6.45) is 3.09. The van der Waals surface area contributed by atoms with Gasteiger partial charge in [-0.3, -0.25) is 0 Å². The predicted molar refractivity (Wildman–Crippen MR) is 114 cm³/mol. The zero-order valence-electron chi connectivity index (χ0n) is 18.2. The smallest absolute Gasteiger partial charge is 0.458 e. The van der Waals surface area contributed by atoms with E-state index in [1.165, 1.54) is 56.2 Å². The monoisotopic (exact) mass is 452 g/mol. The lowest BCUT2D eigenvalue weighted by atomic mass is 9.77. The number of halogens is 5. The highest BCUT2D eigenvalue weighted by Crippen LogP contribution is 2.45. The van der Waals surface area contributed by atoms with Gasteiger partial charge in [-0.25, -0.2) is 0 Å². The molecule has 0 bridgehead atoms. The standard InChI is InChI=1S/C26H29F5O/c1-2-3-17-4-6-18(7-5-17)20-10-14-24-21(16-20)11-15-23(32-24)19-8-12-22(13-9-19)25(27,28)26(29,30)31/h8-10,12-14,16-18,23H,2-7,11,15H2,1H3. The number of fused-ring (bicyclic) bond motifs is 1. The molecule has 0 spiro atoms. The number of hydrogen-bond acceptors (Lipinski definition) is 1. The maximum Gasteiger partial charge on any atom is 0.458 e. The number of hydrogen-bond donors (Lipinski definition) is 0. The Bertz CT molecular complexity index is 911. The molecule has 1 aliphatic carbocycles. The molecule has 1 atom stereocenters. The molecule has 4 rings (SSSR count). The largest absolute Gasteiger partial charge is 0.485 e. The number of aryl methyl sites for hydroxylation is 1. The van der Waals surface area contributed by atoms with Gasteiger partial charge in [-0.15, -0.1) is 0 Å². The van der Waals surface area contributed by atoms with E-state index in [4.69, 9.17) is 4.74 Å². The predicted octanol–water partition coefficient (Wildman–Crippen LogP) is 8.48. The van der Waals surface area contributed by atoms with Crippen molar-refractivity contribution >= 4 is 0 Å².